The average Bonchev–Trinajstić information content (AvgIpc) is 2.74. The first-order valence-corrected chi connectivity index (χ1v) is 11.3. The number of benzene rings is 3. The molecule has 0 saturated heterocycles. The average molecular weight is 480 g/mol. The van der Waals surface area contributed by atoms with Crippen LogP contribution in [0.2, 0.25) is 5.02 Å². The van der Waals surface area contributed by atoms with Crippen molar-refractivity contribution >= 4 is 33.1 Å². The lowest BCUT2D eigenvalue weighted by Crippen LogP contribution is -2.36. The zero-order chi connectivity index (χ0) is 23.5. The number of carbonyl (C=O) groups is 1. The monoisotopic (exact) mass is 479 g/mol. The fraction of sp³-hybridized carbons (Fsp3) is 0.174. The molecule has 32 heavy (non-hydrogen) atoms. The van der Waals surface area contributed by atoms with Crippen molar-refractivity contribution in [2.75, 3.05) is 18.0 Å². The predicted octanol–water partition coefficient (Wildman–Crippen LogP) is 4.94. The van der Waals surface area contributed by atoms with Crippen LogP contribution in [-0.2, 0) is 21.2 Å². The molecule has 0 aliphatic carbocycles. The number of methoxy groups -OCH3 is 1. The van der Waals surface area contributed by atoms with Gasteiger partial charge in [-0.1, -0.05) is 35.4 Å². The largest absolute Gasteiger partial charge is 0.495 e. The molecule has 0 unspecified atom stereocenters. The SMILES string of the molecule is COc1ccc(Cl)cc1N(CC(=O)Cc1ccc(F)cc1F)S(=O)(=O)c1ccc(C)cc1. The quantitative estimate of drug-likeness (QED) is 0.459. The van der Waals surface area contributed by atoms with Gasteiger partial charge in [0.15, 0.2) is 5.78 Å². The highest BCUT2D eigenvalue weighted by Crippen LogP contribution is 2.35. The minimum Gasteiger partial charge on any atom is -0.495 e. The number of carbonyl (C=O) groups excluding carboxylic acids is 1. The molecule has 168 valence electrons. The molecule has 3 aromatic carbocycles. The molecular formula is C23H20ClF2NO4S. The van der Waals surface area contributed by atoms with Crippen LogP contribution in [0.1, 0.15) is 11.1 Å². The molecule has 0 atom stereocenters. The molecule has 3 rings (SSSR count). The number of sulfonamides is 1. The summed E-state index contributed by atoms with van der Waals surface area (Å²) in [5.41, 5.74) is 0.884. The molecule has 0 aliphatic heterocycles. The summed E-state index contributed by atoms with van der Waals surface area (Å²) in [5.74, 6) is -2.07. The second kappa shape index (κ2) is 9.67. The topological polar surface area (TPSA) is 63.7 Å². The number of ketones is 1. The Balaban J connectivity index is 2.03. The number of anilines is 1. The van der Waals surface area contributed by atoms with Crippen molar-refractivity contribution in [1.82, 2.24) is 0 Å². The Kier molecular flexibility index (Phi) is 7.16. The molecule has 0 heterocycles. The molecule has 0 bridgehead atoms. The van der Waals surface area contributed by atoms with Gasteiger partial charge in [0, 0.05) is 17.5 Å². The van der Waals surface area contributed by atoms with E-state index in [1.807, 2.05) is 6.92 Å². The Labute approximate surface area is 190 Å². The van der Waals surface area contributed by atoms with Gasteiger partial charge in [0.25, 0.3) is 10.0 Å². The van der Waals surface area contributed by atoms with Gasteiger partial charge in [0.2, 0.25) is 0 Å². The van der Waals surface area contributed by atoms with Crippen LogP contribution in [0.5, 0.6) is 5.75 Å². The maximum atomic E-state index is 14.0. The summed E-state index contributed by atoms with van der Waals surface area (Å²) in [4.78, 5) is 12.8. The van der Waals surface area contributed by atoms with Crippen LogP contribution in [-0.4, -0.2) is 27.9 Å². The van der Waals surface area contributed by atoms with Gasteiger partial charge in [-0.3, -0.25) is 9.10 Å². The fourth-order valence-corrected chi connectivity index (χ4v) is 4.71. The Bertz CT molecular complexity index is 1250. The molecule has 0 amide bonds. The summed E-state index contributed by atoms with van der Waals surface area (Å²) in [6.07, 6.45) is -0.422. The molecule has 0 N–H and O–H groups in total. The Morgan fingerprint density at radius 1 is 1.03 bits per heavy atom. The lowest BCUT2D eigenvalue weighted by molar-refractivity contribution is -0.117. The van der Waals surface area contributed by atoms with Crippen molar-refractivity contribution in [2.45, 2.75) is 18.2 Å². The van der Waals surface area contributed by atoms with Gasteiger partial charge in [-0.25, -0.2) is 17.2 Å². The highest BCUT2D eigenvalue weighted by Gasteiger charge is 2.30. The number of rotatable bonds is 8. The van der Waals surface area contributed by atoms with Crippen molar-refractivity contribution in [3.63, 3.8) is 0 Å². The van der Waals surface area contributed by atoms with E-state index < -0.39 is 40.4 Å². The molecule has 0 aliphatic rings. The highest BCUT2D eigenvalue weighted by atomic mass is 35.5. The number of nitrogens with zero attached hydrogens (tertiary/aromatic N) is 1. The normalized spacial score (nSPS) is 11.3. The van der Waals surface area contributed by atoms with E-state index in [0.717, 1.165) is 22.0 Å². The number of ether oxygens (including phenoxy) is 1. The van der Waals surface area contributed by atoms with Crippen LogP contribution in [0.3, 0.4) is 0 Å². The van der Waals surface area contributed by atoms with Crippen LogP contribution < -0.4 is 9.04 Å². The van der Waals surface area contributed by atoms with E-state index in [0.29, 0.717) is 6.07 Å². The first kappa shape index (κ1) is 23.7. The standard InChI is InChI=1S/C23H20ClF2NO4S/c1-15-3-8-20(9-4-15)32(29,30)27(22-12-17(24)6-10-23(22)31-2)14-19(28)11-16-5-7-18(25)13-21(16)26/h3-10,12-13H,11,14H2,1-2H3. The van der Waals surface area contributed by atoms with Crippen molar-refractivity contribution in [1.29, 1.82) is 0 Å². The van der Waals surface area contributed by atoms with Crippen molar-refractivity contribution in [3.8, 4) is 5.75 Å². The molecule has 9 heteroatoms. The maximum absolute atomic E-state index is 14.0. The highest BCUT2D eigenvalue weighted by molar-refractivity contribution is 7.92. The predicted molar refractivity (Wildman–Crippen MR) is 119 cm³/mol. The van der Waals surface area contributed by atoms with E-state index >= 15 is 0 Å². The van der Waals surface area contributed by atoms with E-state index in [2.05, 4.69) is 0 Å². The van der Waals surface area contributed by atoms with Crippen LogP contribution >= 0.6 is 11.6 Å². The maximum Gasteiger partial charge on any atom is 0.264 e. The van der Waals surface area contributed by atoms with E-state index in [-0.39, 0.29) is 26.9 Å². The number of aryl methyl sites for hydroxylation is 1. The first-order chi connectivity index (χ1) is 15.1. The van der Waals surface area contributed by atoms with Gasteiger partial charge < -0.3 is 4.74 Å². The van der Waals surface area contributed by atoms with Gasteiger partial charge in [0.1, 0.15) is 17.4 Å². The third-order valence-corrected chi connectivity index (χ3v) is 6.75. The summed E-state index contributed by atoms with van der Waals surface area (Å²) >= 11 is 6.09. The summed E-state index contributed by atoms with van der Waals surface area (Å²) in [6, 6.07) is 13.4. The molecule has 0 saturated carbocycles. The fourth-order valence-electron chi connectivity index (χ4n) is 3.09. The molecule has 3 aromatic rings. The van der Waals surface area contributed by atoms with Gasteiger partial charge in [-0.2, -0.15) is 0 Å². The molecule has 0 spiro atoms. The van der Waals surface area contributed by atoms with Crippen LogP contribution in [0.15, 0.2) is 65.6 Å². The molecule has 5 nitrogen and oxygen atoms in total. The van der Waals surface area contributed by atoms with E-state index in [9.17, 15) is 22.0 Å². The number of hydrogen-bond acceptors (Lipinski definition) is 4. The third-order valence-electron chi connectivity index (χ3n) is 4.74. The number of Topliss-reactive ketones (excluding diaryl/α,β-unsaturated/α-hetero) is 1. The van der Waals surface area contributed by atoms with E-state index in [1.165, 1.54) is 37.4 Å². The summed E-state index contributed by atoms with van der Waals surface area (Å²) in [7, 11) is -2.84. The Hall–Kier alpha value is -2.97. The summed E-state index contributed by atoms with van der Waals surface area (Å²) < 4.78 is 60.3. The van der Waals surface area contributed by atoms with Gasteiger partial charge >= 0.3 is 0 Å². The summed E-state index contributed by atoms with van der Waals surface area (Å²) in [5, 5.41) is 0.238. The lowest BCUT2D eigenvalue weighted by atomic mass is 10.1. The van der Waals surface area contributed by atoms with Crippen molar-refractivity contribution in [3.05, 3.63) is 88.4 Å². The lowest BCUT2D eigenvalue weighted by Gasteiger charge is -2.26. The molecule has 0 aromatic heterocycles. The van der Waals surface area contributed by atoms with Crippen LogP contribution in [0, 0.1) is 18.6 Å². The second-order valence-corrected chi connectivity index (χ2v) is 9.39. The van der Waals surface area contributed by atoms with Crippen LogP contribution in [0.4, 0.5) is 14.5 Å². The van der Waals surface area contributed by atoms with Gasteiger partial charge in [-0.15, -0.1) is 0 Å². The minimum absolute atomic E-state index is 0.0362. The molecule has 0 fully saturated rings. The number of hydrogen-bond donors (Lipinski definition) is 0. The third kappa shape index (κ3) is 5.26. The van der Waals surface area contributed by atoms with E-state index in [4.69, 9.17) is 16.3 Å². The zero-order valence-electron chi connectivity index (χ0n) is 17.3. The Morgan fingerprint density at radius 3 is 2.34 bits per heavy atom. The smallest absolute Gasteiger partial charge is 0.264 e. The zero-order valence-corrected chi connectivity index (χ0v) is 18.9. The molecule has 0 radical (unpaired) electrons. The van der Waals surface area contributed by atoms with E-state index in [1.54, 1.807) is 12.1 Å². The second-order valence-electron chi connectivity index (χ2n) is 7.09. The van der Waals surface area contributed by atoms with Gasteiger partial charge in [-0.05, 0) is 48.9 Å². The van der Waals surface area contributed by atoms with Crippen LogP contribution in [0.25, 0.3) is 0 Å². The van der Waals surface area contributed by atoms with Gasteiger partial charge in [0.05, 0.1) is 24.2 Å². The minimum atomic E-state index is -4.20. The van der Waals surface area contributed by atoms with Crippen molar-refractivity contribution < 1.29 is 26.7 Å². The molecular weight excluding hydrogens is 460 g/mol. The number of halogens is 3. The Morgan fingerprint density at radius 2 is 1.72 bits per heavy atom. The first-order valence-electron chi connectivity index (χ1n) is 9.50. The summed E-state index contributed by atoms with van der Waals surface area (Å²) in [6.45, 7) is 1.21. The van der Waals surface area contributed by atoms with Crippen molar-refractivity contribution in [2.24, 2.45) is 0 Å².